The van der Waals surface area contributed by atoms with Gasteiger partial charge in [0.2, 0.25) is 5.91 Å². The van der Waals surface area contributed by atoms with Crippen LogP contribution in [0.25, 0.3) is 10.9 Å². The van der Waals surface area contributed by atoms with Gasteiger partial charge in [0.25, 0.3) is 0 Å². The fourth-order valence-corrected chi connectivity index (χ4v) is 2.53. The first kappa shape index (κ1) is 15.2. The maximum absolute atomic E-state index is 12.0. The van der Waals surface area contributed by atoms with Crippen molar-refractivity contribution in [2.75, 3.05) is 6.54 Å². The molecule has 0 saturated carbocycles. The average Bonchev–Trinajstić information content (AvgIpc) is 2.99. The number of hydrogen-bond acceptors (Lipinski definition) is 3. The summed E-state index contributed by atoms with van der Waals surface area (Å²) >= 11 is 0. The Morgan fingerprint density at radius 2 is 1.87 bits per heavy atom. The van der Waals surface area contributed by atoms with Crippen molar-refractivity contribution in [2.45, 2.75) is 19.1 Å². The number of nitrogens with one attached hydrogen (secondary N) is 1. The van der Waals surface area contributed by atoms with E-state index in [1.165, 1.54) is 0 Å². The van der Waals surface area contributed by atoms with Gasteiger partial charge in [0, 0.05) is 11.9 Å². The topological polar surface area (TPSA) is 67.2 Å². The molecule has 1 heterocycles. The van der Waals surface area contributed by atoms with E-state index in [0.717, 1.165) is 16.5 Å². The van der Waals surface area contributed by atoms with Crippen LogP contribution in [0.4, 0.5) is 0 Å². The molecular formula is C18H19N3O2. The van der Waals surface area contributed by atoms with Gasteiger partial charge in [0.15, 0.2) is 0 Å². The number of benzene rings is 2. The van der Waals surface area contributed by atoms with Crippen LogP contribution in [0, 0.1) is 0 Å². The minimum Gasteiger partial charge on any atom is -0.388 e. The van der Waals surface area contributed by atoms with Gasteiger partial charge in [-0.05, 0) is 18.1 Å². The van der Waals surface area contributed by atoms with Crippen LogP contribution >= 0.6 is 0 Å². The molecule has 2 aromatic carbocycles. The summed E-state index contributed by atoms with van der Waals surface area (Å²) in [5.74, 6) is -0.112. The zero-order chi connectivity index (χ0) is 16.1. The van der Waals surface area contributed by atoms with Crippen LogP contribution in [-0.4, -0.2) is 27.3 Å². The predicted molar refractivity (Wildman–Crippen MR) is 88.8 cm³/mol. The minimum atomic E-state index is -0.568. The molecule has 3 aromatic rings. The molecule has 3 rings (SSSR count). The molecule has 2 N–H and O–H groups in total. The van der Waals surface area contributed by atoms with Crippen molar-refractivity contribution in [3.8, 4) is 0 Å². The highest BCUT2D eigenvalue weighted by Crippen LogP contribution is 2.15. The van der Waals surface area contributed by atoms with Gasteiger partial charge in [-0.3, -0.25) is 9.48 Å². The standard InChI is InChI=1S/C18H19N3O2/c22-17(14-6-2-1-3-7-14)10-11-19-18(23)13-21-16-9-5-4-8-15(16)12-20-21/h1-9,12,17,22H,10-11,13H2,(H,19,23). The summed E-state index contributed by atoms with van der Waals surface area (Å²) in [6, 6.07) is 17.2. The molecule has 0 bridgehead atoms. The summed E-state index contributed by atoms with van der Waals surface area (Å²) < 4.78 is 1.68. The lowest BCUT2D eigenvalue weighted by atomic mass is 10.1. The number of rotatable bonds is 6. The summed E-state index contributed by atoms with van der Waals surface area (Å²) in [5, 5.41) is 18.1. The van der Waals surface area contributed by atoms with E-state index in [0.29, 0.717) is 13.0 Å². The highest BCUT2D eigenvalue weighted by atomic mass is 16.3. The predicted octanol–water partition coefficient (Wildman–Crippen LogP) is 2.28. The zero-order valence-electron chi connectivity index (χ0n) is 12.7. The molecule has 1 amide bonds. The molecule has 1 atom stereocenters. The number of aromatic nitrogens is 2. The second-order valence-corrected chi connectivity index (χ2v) is 5.43. The van der Waals surface area contributed by atoms with Crippen molar-refractivity contribution in [2.24, 2.45) is 0 Å². The number of carbonyl (C=O) groups is 1. The Balaban J connectivity index is 1.50. The lowest BCUT2D eigenvalue weighted by Gasteiger charge is -2.11. The summed E-state index contributed by atoms with van der Waals surface area (Å²) in [4.78, 5) is 12.0. The van der Waals surface area contributed by atoms with Gasteiger partial charge in [-0.15, -0.1) is 0 Å². The van der Waals surface area contributed by atoms with Gasteiger partial charge in [-0.25, -0.2) is 0 Å². The number of para-hydroxylation sites is 1. The third-order valence-corrected chi connectivity index (χ3v) is 3.77. The zero-order valence-corrected chi connectivity index (χ0v) is 12.7. The normalized spacial score (nSPS) is 12.2. The molecule has 0 radical (unpaired) electrons. The molecule has 23 heavy (non-hydrogen) atoms. The van der Waals surface area contributed by atoms with Gasteiger partial charge in [0.05, 0.1) is 17.8 Å². The summed E-state index contributed by atoms with van der Waals surface area (Å²) in [5.41, 5.74) is 1.80. The quantitative estimate of drug-likeness (QED) is 0.734. The lowest BCUT2D eigenvalue weighted by Crippen LogP contribution is -2.29. The number of amides is 1. The monoisotopic (exact) mass is 309 g/mol. The van der Waals surface area contributed by atoms with E-state index in [-0.39, 0.29) is 12.5 Å². The molecule has 1 unspecified atom stereocenters. The molecule has 0 aliphatic heterocycles. The molecule has 0 saturated heterocycles. The molecular weight excluding hydrogens is 290 g/mol. The van der Waals surface area contributed by atoms with Crippen LogP contribution in [0.3, 0.4) is 0 Å². The lowest BCUT2D eigenvalue weighted by molar-refractivity contribution is -0.121. The maximum atomic E-state index is 12.0. The van der Waals surface area contributed by atoms with E-state index in [1.807, 2.05) is 54.6 Å². The number of carbonyl (C=O) groups excluding carboxylic acids is 1. The number of nitrogens with zero attached hydrogens (tertiary/aromatic N) is 2. The molecule has 0 fully saturated rings. The van der Waals surface area contributed by atoms with Crippen molar-refractivity contribution in [1.29, 1.82) is 0 Å². The number of aliphatic hydroxyl groups excluding tert-OH is 1. The number of hydrogen-bond donors (Lipinski definition) is 2. The Morgan fingerprint density at radius 3 is 2.70 bits per heavy atom. The fourth-order valence-electron chi connectivity index (χ4n) is 2.53. The Kier molecular flexibility index (Phi) is 4.68. The molecule has 0 aliphatic rings. The van der Waals surface area contributed by atoms with Crippen LogP contribution in [0.2, 0.25) is 0 Å². The van der Waals surface area contributed by atoms with Crippen LogP contribution in [0.1, 0.15) is 18.1 Å². The van der Waals surface area contributed by atoms with Crippen molar-refractivity contribution in [3.05, 3.63) is 66.4 Å². The van der Waals surface area contributed by atoms with Gasteiger partial charge in [-0.2, -0.15) is 5.10 Å². The van der Waals surface area contributed by atoms with E-state index in [1.54, 1.807) is 10.9 Å². The average molecular weight is 309 g/mol. The maximum Gasteiger partial charge on any atom is 0.241 e. The van der Waals surface area contributed by atoms with Gasteiger partial charge in [0.1, 0.15) is 6.54 Å². The van der Waals surface area contributed by atoms with Gasteiger partial charge in [-0.1, -0.05) is 48.5 Å². The summed E-state index contributed by atoms with van der Waals surface area (Å²) in [6.45, 7) is 0.600. The molecule has 118 valence electrons. The summed E-state index contributed by atoms with van der Waals surface area (Å²) in [7, 11) is 0. The first-order valence-corrected chi connectivity index (χ1v) is 7.64. The molecule has 1 aromatic heterocycles. The van der Waals surface area contributed by atoms with Crippen LogP contribution in [-0.2, 0) is 11.3 Å². The largest absolute Gasteiger partial charge is 0.388 e. The third kappa shape index (κ3) is 3.76. The SMILES string of the molecule is O=C(Cn1ncc2ccccc21)NCCC(O)c1ccccc1. The van der Waals surface area contributed by atoms with Crippen molar-refractivity contribution >= 4 is 16.8 Å². The fraction of sp³-hybridized carbons (Fsp3) is 0.222. The Bertz CT molecular complexity index is 783. The second kappa shape index (κ2) is 7.07. The van der Waals surface area contributed by atoms with E-state index < -0.39 is 6.10 Å². The minimum absolute atomic E-state index is 0.112. The van der Waals surface area contributed by atoms with E-state index in [2.05, 4.69) is 10.4 Å². The van der Waals surface area contributed by atoms with Crippen molar-refractivity contribution < 1.29 is 9.90 Å². The van der Waals surface area contributed by atoms with Crippen LogP contribution in [0.5, 0.6) is 0 Å². The van der Waals surface area contributed by atoms with E-state index in [9.17, 15) is 9.90 Å². The van der Waals surface area contributed by atoms with Crippen molar-refractivity contribution in [1.82, 2.24) is 15.1 Å². The third-order valence-electron chi connectivity index (χ3n) is 3.77. The molecule has 5 heteroatoms. The van der Waals surface area contributed by atoms with E-state index >= 15 is 0 Å². The molecule has 5 nitrogen and oxygen atoms in total. The summed E-state index contributed by atoms with van der Waals surface area (Å²) in [6.07, 6.45) is 1.67. The Morgan fingerprint density at radius 1 is 1.13 bits per heavy atom. The first-order valence-electron chi connectivity index (χ1n) is 7.64. The van der Waals surface area contributed by atoms with Crippen molar-refractivity contribution in [3.63, 3.8) is 0 Å². The van der Waals surface area contributed by atoms with Gasteiger partial charge < -0.3 is 10.4 Å². The second-order valence-electron chi connectivity index (χ2n) is 5.43. The number of fused-ring (bicyclic) bond motifs is 1. The smallest absolute Gasteiger partial charge is 0.241 e. The van der Waals surface area contributed by atoms with E-state index in [4.69, 9.17) is 0 Å². The molecule has 0 spiro atoms. The Labute approximate surface area is 134 Å². The molecule has 0 aliphatic carbocycles. The van der Waals surface area contributed by atoms with Crippen LogP contribution in [0.15, 0.2) is 60.8 Å². The highest BCUT2D eigenvalue weighted by molar-refractivity contribution is 5.81. The van der Waals surface area contributed by atoms with Crippen LogP contribution < -0.4 is 5.32 Å². The van der Waals surface area contributed by atoms with Gasteiger partial charge >= 0.3 is 0 Å². The number of aliphatic hydroxyl groups is 1. The highest BCUT2D eigenvalue weighted by Gasteiger charge is 2.09. The Hall–Kier alpha value is -2.66. The first-order chi connectivity index (χ1) is 11.2.